The van der Waals surface area contributed by atoms with Crippen molar-refractivity contribution in [2.24, 2.45) is 0 Å². The molecule has 13 aliphatic heterocycles. The molecule has 13 rings (SSSR count). The maximum Gasteiger partial charge on any atom is 0.394 e. The third kappa shape index (κ3) is 0.630. The fourth-order valence-corrected chi connectivity index (χ4v) is 46.9. The second-order valence-electron chi connectivity index (χ2n) is 4.04. The summed E-state index contributed by atoms with van der Waals surface area (Å²) in [5.41, 5.74) is 0. The average molecular weight is 336 g/mol. The third-order valence-electron chi connectivity index (χ3n) is 3.60. The summed E-state index contributed by atoms with van der Waals surface area (Å²) in [4.78, 5) is 0. The molecule has 0 aliphatic carbocycles. The molecule has 13 heterocycles. The molecule has 0 aromatic carbocycles. The van der Waals surface area contributed by atoms with Gasteiger partial charge in [0.1, 0.15) is 0 Å². The molecule has 13 aliphatic rings. The first-order valence-electron chi connectivity index (χ1n) is 4.08. The standard InChI is InChI=1S/N4Si3.2H2O4S/c1-5-2-6(1)3(5)7(1,2)4(5)6;2*1-5(2,3)4/h;2*(H2,1,2,3,4). The Kier molecular flexibility index (Phi) is 1.38. The largest absolute Gasteiger partial charge is 0.394 e. The molecule has 13 saturated heterocycles. The lowest BCUT2D eigenvalue weighted by molar-refractivity contribution is -0.180. The third-order valence-corrected chi connectivity index (χ3v) is 32.4. The molecule has 0 amide bonds. The Balaban J connectivity index is 0.0000000747. The van der Waals surface area contributed by atoms with Crippen LogP contribution in [0.3, 0.4) is 0 Å². The Morgan fingerprint density at radius 3 is 0.647 bits per heavy atom. The first-order chi connectivity index (χ1) is 7.46. The number of rotatable bonds is 0. The average Bonchev–Trinajstić information content (AvgIpc) is 1.25. The zero-order valence-electron chi connectivity index (χ0n) is 7.53. The first-order valence-corrected chi connectivity index (χ1v) is 12.2. The van der Waals surface area contributed by atoms with Crippen LogP contribution in [-0.4, -0.2) is 76.8 Å². The van der Waals surface area contributed by atoms with E-state index in [4.69, 9.17) is 35.0 Å². The van der Waals surface area contributed by atoms with Gasteiger partial charge in [0.15, 0.2) is 0 Å². The molecule has 17 heteroatoms. The van der Waals surface area contributed by atoms with E-state index < -0.39 is 47.0 Å². The van der Waals surface area contributed by atoms with E-state index in [9.17, 15) is 0 Å². The van der Waals surface area contributed by atoms with Crippen molar-refractivity contribution >= 4 is 47.0 Å². The van der Waals surface area contributed by atoms with Crippen LogP contribution in [-0.2, 0) is 20.8 Å². The summed E-state index contributed by atoms with van der Waals surface area (Å²) in [7, 11) is -11.2. The first kappa shape index (κ1) is 11.1. The SMILES string of the molecule is N12[Si]34N5[Si]16N3[Si]25N46.O=S(=O)(O)O.O=S(=O)(O)O. The van der Waals surface area contributed by atoms with Crippen LogP contribution in [0.2, 0.25) is 0 Å². The van der Waals surface area contributed by atoms with Crippen molar-refractivity contribution < 1.29 is 35.0 Å². The fraction of sp³-hybridized carbons (Fsp3) is 0. The summed E-state index contributed by atoms with van der Waals surface area (Å²) in [6, 6.07) is 0. The van der Waals surface area contributed by atoms with Gasteiger partial charge in [-0.3, -0.25) is 33.8 Å². The van der Waals surface area contributed by atoms with E-state index in [-0.39, 0.29) is 0 Å². The smallest absolute Gasteiger partial charge is 0.264 e. The van der Waals surface area contributed by atoms with Gasteiger partial charge in [-0.2, -0.15) is 16.8 Å². The molecule has 0 atom stereocenters. The van der Waals surface area contributed by atoms with Crippen LogP contribution < -0.4 is 0 Å². The van der Waals surface area contributed by atoms with Crippen molar-refractivity contribution in [1.82, 2.24) is 15.6 Å². The van der Waals surface area contributed by atoms with Crippen molar-refractivity contribution in [3.8, 4) is 0 Å². The van der Waals surface area contributed by atoms with Crippen LogP contribution in [0.4, 0.5) is 0 Å². The summed E-state index contributed by atoms with van der Waals surface area (Å²) in [5.74, 6) is 0. The molecule has 96 valence electrons. The molecule has 0 aromatic heterocycles. The van der Waals surface area contributed by atoms with E-state index in [1.807, 2.05) is 0 Å². The second kappa shape index (κ2) is 2.11. The van der Waals surface area contributed by atoms with Crippen molar-refractivity contribution in [3.63, 3.8) is 0 Å². The minimum atomic E-state index is -4.67. The van der Waals surface area contributed by atoms with Crippen molar-refractivity contribution in [3.05, 3.63) is 0 Å². The Labute approximate surface area is 97.8 Å². The van der Waals surface area contributed by atoms with Crippen molar-refractivity contribution in [2.45, 2.75) is 0 Å². The van der Waals surface area contributed by atoms with E-state index >= 15 is 0 Å². The summed E-state index contributed by atoms with van der Waals surface area (Å²) in [5, 5.41) is 0. The van der Waals surface area contributed by atoms with Gasteiger partial charge in [0.2, 0.25) is 0 Å². The molecular weight excluding hydrogens is 332 g/mol. The predicted molar refractivity (Wildman–Crippen MR) is 53.0 cm³/mol. The zero-order valence-corrected chi connectivity index (χ0v) is 12.2. The van der Waals surface area contributed by atoms with Gasteiger partial charge in [-0.25, -0.2) is 0 Å². The molecule has 0 saturated carbocycles. The van der Waals surface area contributed by atoms with E-state index in [1.54, 1.807) is 0 Å². The molecular formula is H4N4O8S2Si3. The Hall–Kier alpha value is 0.231. The monoisotopic (exact) mass is 336 g/mol. The molecule has 13 fully saturated rings. The quantitative estimate of drug-likeness (QED) is 0.253. The highest BCUT2D eigenvalue weighted by molar-refractivity contribution is 7.80. The highest BCUT2D eigenvalue weighted by atomic mass is 32.3. The predicted octanol–water partition coefficient (Wildman–Crippen LogP) is -3.72. The summed E-state index contributed by atoms with van der Waals surface area (Å²) < 4.78 is 75.1. The van der Waals surface area contributed by atoms with Gasteiger partial charge in [0.25, 0.3) is 0 Å². The summed E-state index contributed by atoms with van der Waals surface area (Å²) >= 11 is 0. The molecule has 17 heavy (non-hydrogen) atoms. The fourth-order valence-electron chi connectivity index (χ4n) is 3.41. The number of hydrogen-bond acceptors (Lipinski definition) is 8. The van der Waals surface area contributed by atoms with Gasteiger partial charge in [-0.1, -0.05) is 0 Å². The number of hydrogen-bond donors (Lipinski definition) is 4. The van der Waals surface area contributed by atoms with Gasteiger partial charge >= 0.3 is 47.0 Å². The van der Waals surface area contributed by atoms with Crippen molar-refractivity contribution in [1.29, 1.82) is 0 Å². The summed E-state index contributed by atoms with van der Waals surface area (Å²) in [6.07, 6.45) is 0. The van der Waals surface area contributed by atoms with Crippen molar-refractivity contribution in [2.75, 3.05) is 0 Å². The highest BCUT2D eigenvalue weighted by Gasteiger charge is 3.52. The van der Waals surface area contributed by atoms with E-state index in [1.165, 1.54) is 0 Å². The van der Waals surface area contributed by atoms with E-state index in [2.05, 4.69) is 15.6 Å². The molecule has 4 N–H and O–H groups in total. The van der Waals surface area contributed by atoms with Gasteiger partial charge in [-0.15, -0.1) is 0 Å². The minimum absolute atomic E-state index is 0.611. The Morgan fingerprint density at radius 1 is 0.588 bits per heavy atom. The Morgan fingerprint density at radius 2 is 0.647 bits per heavy atom. The maximum atomic E-state index is 8.74. The molecule has 7 bridgehead atoms. The van der Waals surface area contributed by atoms with Gasteiger partial charge in [0.05, 0.1) is 0 Å². The molecule has 12 nitrogen and oxygen atoms in total. The van der Waals surface area contributed by atoms with Crippen LogP contribution in [0, 0.1) is 0 Å². The lowest BCUT2D eigenvalue weighted by Crippen LogP contribution is -3.81. The molecule has 0 unspecified atom stereocenters. The van der Waals surface area contributed by atoms with Crippen LogP contribution in [0.25, 0.3) is 0 Å². The highest BCUT2D eigenvalue weighted by Crippen LogP contribution is 3.12. The molecule has 0 aromatic rings. The summed E-state index contributed by atoms with van der Waals surface area (Å²) in [6.45, 7) is 0. The van der Waals surface area contributed by atoms with Crippen LogP contribution in [0.5, 0.6) is 0 Å². The van der Waals surface area contributed by atoms with E-state index in [0.29, 0.717) is 0 Å². The second-order valence-corrected chi connectivity index (χ2v) is 20.2. The number of nitrogens with zero attached hydrogens (tertiary/aromatic N) is 4. The minimum Gasteiger partial charge on any atom is -0.264 e. The Bertz CT molecular complexity index is 523. The van der Waals surface area contributed by atoms with Crippen LogP contribution in [0.15, 0.2) is 0 Å². The van der Waals surface area contributed by atoms with E-state index in [0.717, 1.165) is 0 Å². The normalized spacial score (nSPS) is 66.1. The molecule has 3 spiro atoms. The lowest BCUT2D eigenvalue weighted by Gasteiger charge is -3.43. The van der Waals surface area contributed by atoms with Gasteiger partial charge < -0.3 is 0 Å². The lowest BCUT2D eigenvalue weighted by atomic mass is 13.2. The van der Waals surface area contributed by atoms with Gasteiger partial charge in [0, 0.05) is 0 Å². The zero-order chi connectivity index (χ0) is 12.8. The van der Waals surface area contributed by atoms with Crippen LogP contribution in [0.1, 0.15) is 0 Å². The maximum absolute atomic E-state index is 8.74. The van der Waals surface area contributed by atoms with Gasteiger partial charge in [-0.05, 0) is 0 Å². The molecule has 0 radical (unpaired) electrons. The van der Waals surface area contributed by atoms with Crippen LogP contribution >= 0.6 is 0 Å². The topological polar surface area (TPSA) is 162 Å².